The molecule has 0 saturated heterocycles. The van der Waals surface area contributed by atoms with Gasteiger partial charge in [0, 0.05) is 10.2 Å². The van der Waals surface area contributed by atoms with E-state index in [0.29, 0.717) is 16.5 Å². The normalized spacial score (nSPS) is 14.4. The minimum atomic E-state index is -0.198. The molecule has 0 aliphatic carbocycles. The zero-order valence-corrected chi connectivity index (χ0v) is 11.6. The lowest BCUT2D eigenvalue weighted by Gasteiger charge is -2.09. The van der Waals surface area contributed by atoms with Gasteiger partial charge in [0.25, 0.3) is 5.91 Å². The van der Waals surface area contributed by atoms with Gasteiger partial charge >= 0.3 is 0 Å². The van der Waals surface area contributed by atoms with Gasteiger partial charge in [-0.1, -0.05) is 27.7 Å². The van der Waals surface area contributed by atoms with Crippen molar-refractivity contribution in [2.24, 2.45) is 4.99 Å². The van der Waals surface area contributed by atoms with Crippen LogP contribution in [0.15, 0.2) is 27.7 Å². The molecule has 0 radical (unpaired) electrons. The molecule has 0 unspecified atom stereocenters. The zero-order chi connectivity index (χ0) is 12.3. The van der Waals surface area contributed by atoms with Crippen LogP contribution in [0.4, 0.5) is 0 Å². The summed E-state index contributed by atoms with van der Waals surface area (Å²) in [5, 5.41) is 3.45. The summed E-state index contributed by atoms with van der Waals surface area (Å²) < 4.78 is 6.00. The number of amidine groups is 1. The highest BCUT2D eigenvalue weighted by atomic mass is 79.9. The molecule has 0 atom stereocenters. The van der Waals surface area contributed by atoms with Crippen LogP contribution >= 0.6 is 27.7 Å². The first-order chi connectivity index (χ1) is 8.20. The largest absolute Gasteiger partial charge is 0.496 e. The minimum absolute atomic E-state index is 0.198. The number of methoxy groups -OCH3 is 1. The van der Waals surface area contributed by atoms with Gasteiger partial charge < -0.3 is 10.1 Å². The Bertz CT molecular complexity index is 477. The molecule has 0 fully saturated rings. The molecule has 0 bridgehead atoms. The summed E-state index contributed by atoms with van der Waals surface area (Å²) in [7, 11) is 1.54. The van der Waals surface area contributed by atoms with Crippen molar-refractivity contribution in [3.05, 3.63) is 28.2 Å². The maximum Gasteiger partial charge on any atom is 0.261 e. The number of carbonyl (C=O) groups is 1. The fourth-order valence-corrected chi connectivity index (χ4v) is 2.52. The second kappa shape index (κ2) is 5.55. The second-order valence-corrected chi connectivity index (χ2v) is 5.33. The fourth-order valence-electron chi connectivity index (χ4n) is 1.43. The number of carbonyl (C=O) groups excluding carboxylic acids is 1. The summed E-state index contributed by atoms with van der Waals surface area (Å²) in [6, 6.07) is 5.31. The van der Waals surface area contributed by atoms with Crippen LogP contribution in [0.5, 0.6) is 5.75 Å². The number of thioether (sulfide) groups is 1. The lowest BCUT2D eigenvalue weighted by molar-refractivity contribution is 0.0975. The Morgan fingerprint density at radius 3 is 3.06 bits per heavy atom. The van der Waals surface area contributed by atoms with E-state index in [1.165, 1.54) is 0 Å². The number of amides is 1. The van der Waals surface area contributed by atoms with E-state index in [1.807, 2.05) is 6.07 Å². The Balaban J connectivity index is 2.20. The molecule has 0 aromatic heterocycles. The Morgan fingerprint density at radius 1 is 1.59 bits per heavy atom. The quantitative estimate of drug-likeness (QED) is 0.911. The summed E-state index contributed by atoms with van der Waals surface area (Å²) >= 11 is 4.88. The third kappa shape index (κ3) is 3.01. The van der Waals surface area contributed by atoms with Crippen LogP contribution in [-0.4, -0.2) is 30.5 Å². The number of hydrogen-bond acceptors (Lipinski definition) is 4. The van der Waals surface area contributed by atoms with E-state index in [2.05, 4.69) is 26.2 Å². The molecule has 17 heavy (non-hydrogen) atoms. The van der Waals surface area contributed by atoms with Crippen molar-refractivity contribution in [1.82, 2.24) is 5.32 Å². The predicted molar refractivity (Wildman–Crippen MR) is 72.9 cm³/mol. The lowest BCUT2D eigenvalue weighted by atomic mass is 10.2. The molecule has 1 aliphatic rings. The van der Waals surface area contributed by atoms with Crippen LogP contribution < -0.4 is 10.1 Å². The van der Waals surface area contributed by atoms with Crippen molar-refractivity contribution in [3.8, 4) is 5.75 Å². The van der Waals surface area contributed by atoms with Gasteiger partial charge in [-0.3, -0.25) is 9.79 Å². The van der Waals surface area contributed by atoms with Gasteiger partial charge in [0.15, 0.2) is 5.17 Å². The number of benzene rings is 1. The molecule has 1 aromatic rings. The Morgan fingerprint density at radius 2 is 2.41 bits per heavy atom. The standard InChI is InChI=1S/C11H11BrN2O2S/c1-16-9-3-2-7(12)6-8(9)10(15)14-11-13-4-5-17-11/h2-3,6H,4-5H2,1H3,(H,13,14,15). The van der Waals surface area contributed by atoms with Crippen LogP contribution in [0.25, 0.3) is 0 Å². The number of ether oxygens (including phenoxy) is 1. The van der Waals surface area contributed by atoms with E-state index in [0.717, 1.165) is 16.8 Å². The maximum absolute atomic E-state index is 12.0. The average molecular weight is 315 g/mol. The summed E-state index contributed by atoms with van der Waals surface area (Å²) in [5.74, 6) is 1.27. The summed E-state index contributed by atoms with van der Waals surface area (Å²) in [6.45, 7) is 0.760. The van der Waals surface area contributed by atoms with E-state index in [-0.39, 0.29) is 5.91 Å². The molecule has 4 nitrogen and oxygen atoms in total. The first-order valence-corrected chi connectivity index (χ1v) is 6.80. The molecular formula is C11H11BrN2O2S. The van der Waals surface area contributed by atoms with Crippen molar-refractivity contribution in [2.45, 2.75) is 0 Å². The third-order valence-corrected chi connectivity index (χ3v) is 3.60. The van der Waals surface area contributed by atoms with Gasteiger partial charge in [-0.2, -0.15) is 0 Å². The Hall–Kier alpha value is -1.01. The number of hydrogen-bond donors (Lipinski definition) is 1. The van der Waals surface area contributed by atoms with Crippen molar-refractivity contribution in [2.75, 3.05) is 19.4 Å². The number of aliphatic imine (C=N–C) groups is 1. The van der Waals surface area contributed by atoms with Crippen molar-refractivity contribution in [3.63, 3.8) is 0 Å². The highest BCUT2D eigenvalue weighted by molar-refractivity contribution is 9.10. The number of nitrogens with zero attached hydrogens (tertiary/aromatic N) is 1. The molecule has 1 N–H and O–H groups in total. The van der Waals surface area contributed by atoms with Gasteiger partial charge in [0.05, 0.1) is 19.2 Å². The average Bonchev–Trinajstić information content (AvgIpc) is 2.81. The summed E-state index contributed by atoms with van der Waals surface area (Å²) in [6.07, 6.45) is 0. The maximum atomic E-state index is 12.0. The van der Waals surface area contributed by atoms with Gasteiger partial charge in [-0.05, 0) is 18.2 Å². The van der Waals surface area contributed by atoms with Crippen molar-refractivity contribution < 1.29 is 9.53 Å². The van der Waals surface area contributed by atoms with Crippen LogP contribution in [0.2, 0.25) is 0 Å². The van der Waals surface area contributed by atoms with E-state index >= 15 is 0 Å². The Labute approximate surface area is 112 Å². The van der Waals surface area contributed by atoms with Crippen molar-refractivity contribution >= 4 is 38.8 Å². The molecule has 1 amide bonds. The topological polar surface area (TPSA) is 50.7 Å². The molecule has 90 valence electrons. The van der Waals surface area contributed by atoms with E-state index in [4.69, 9.17) is 4.74 Å². The minimum Gasteiger partial charge on any atom is -0.496 e. The number of nitrogens with one attached hydrogen (secondary N) is 1. The Kier molecular flexibility index (Phi) is 4.06. The first-order valence-electron chi connectivity index (χ1n) is 5.03. The zero-order valence-electron chi connectivity index (χ0n) is 9.20. The van der Waals surface area contributed by atoms with Crippen LogP contribution in [-0.2, 0) is 0 Å². The lowest BCUT2D eigenvalue weighted by Crippen LogP contribution is -2.27. The fraction of sp³-hybridized carbons (Fsp3) is 0.273. The van der Waals surface area contributed by atoms with Gasteiger partial charge in [-0.25, -0.2) is 0 Å². The van der Waals surface area contributed by atoms with Crippen LogP contribution in [0.3, 0.4) is 0 Å². The summed E-state index contributed by atoms with van der Waals surface area (Å²) in [4.78, 5) is 16.2. The molecule has 1 aromatic carbocycles. The predicted octanol–water partition coefficient (Wildman–Crippen LogP) is 2.29. The molecule has 6 heteroatoms. The van der Waals surface area contributed by atoms with Gasteiger partial charge in [-0.15, -0.1) is 0 Å². The highest BCUT2D eigenvalue weighted by Gasteiger charge is 2.16. The van der Waals surface area contributed by atoms with Gasteiger partial charge in [0.2, 0.25) is 0 Å². The smallest absolute Gasteiger partial charge is 0.261 e. The number of halogens is 1. The molecule has 1 heterocycles. The SMILES string of the molecule is COc1ccc(Br)cc1C(=O)NC1=NCCS1. The highest BCUT2D eigenvalue weighted by Crippen LogP contribution is 2.23. The summed E-state index contributed by atoms with van der Waals surface area (Å²) in [5.41, 5.74) is 0.497. The van der Waals surface area contributed by atoms with E-state index in [1.54, 1.807) is 31.0 Å². The molecule has 2 rings (SSSR count). The molecule has 0 spiro atoms. The van der Waals surface area contributed by atoms with Gasteiger partial charge in [0.1, 0.15) is 5.75 Å². The van der Waals surface area contributed by atoms with Crippen LogP contribution in [0, 0.1) is 0 Å². The molecule has 0 saturated carbocycles. The van der Waals surface area contributed by atoms with Crippen molar-refractivity contribution in [1.29, 1.82) is 0 Å². The third-order valence-electron chi connectivity index (χ3n) is 2.21. The van der Waals surface area contributed by atoms with E-state index < -0.39 is 0 Å². The van der Waals surface area contributed by atoms with Crippen LogP contribution in [0.1, 0.15) is 10.4 Å². The van der Waals surface area contributed by atoms with E-state index in [9.17, 15) is 4.79 Å². The molecular weight excluding hydrogens is 304 g/mol. The first kappa shape index (κ1) is 12.4. The second-order valence-electron chi connectivity index (χ2n) is 3.33. The number of rotatable bonds is 2. The molecule has 1 aliphatic heterocycles. The monoisotopic (exact) mass is 314 g/mol.